The van der Waals surface area contributed by atoms with E-state index in [2.05, 4.69) is 33.9 Å². The Hall–Kier alpha value is -0.343. The average molecular weight is 406 g/mol. The van der Waals surface area contributed by atoms with Gasteiger partial charge in [0.25, 0.3) is 0 Å². The molecule has 0 radical (unpaired) electrons. The van der Waals surface area contributed by atoms with Crippen molar-refractivity contribution in [1.29, 1.82) is 0 Å². The molecular weight excluding hydrogens is 375 g/mol. The SMILES string of the molecule is COP(=O)(OC)C1=C[C@H]2OC(C)(C)O[C@H]2[C@H](O[Si](C)(C)C(C)(C)C)C1=O. The lowest BCUT2D eigenvalue weighted by Gasteiger charge is -2.41. The third-order valence-electron chi connectivity index (χ3n) is 5.30. The van der Waals surface area contributed by atoms with E-state index in [1.165, 1.54) is 20.3 Å². The summed E-state index contributed by atoms with van der Waals surface area (Å²) in [4.78, 5) is 13.2. The number of ketones is 1. The van der Waals surface area contributed by atoms with Gasteiger partial charge in [-0.05, 0) is 38.1 Å². The summed E-state index contributed by atoms with van der Waals surface area (Å²) in [5.41, 5.74) is 0. The van der Waals surface area contributed by atoms with Crippen LogP contribution in [0, 0.1) is 0 Å². The van der Waals surface area contributed by atoms with Gasteiger partial charge >= 0.3 is 7.60 Å². The molecule has 26 heavy (non-hydrogen) atoms. The fraction of sp³-hybridized carbons (Fsp3) is 0.824. The van der Waals surface area contributed by atoms with Crippen molar-refractivity contribution in [1.82, 2.24) is 0 Å². The van der Waals surface area contributed by atoms with E-state index in [0.717, 1.165) is 0 Å². The second-order valence-electron chi connectivity index (χ2n) is 8.64. The Bertz CT molecular complexity index is 642. The van der Waals surface area contributed by atoms with Gasteiger partial charge < -0.3 is 22.9 Å². The molecule has 0 N–H and O–H groups in total. The molecular formula is C17H31O7PSi. The van der Waals surface area contributed by atoms with Gasteiger partial charge in [-0.3, -0.25) is 9.36 Å². The van der Waals surface area contributed by atoms with Crippen molar-refractivity contribution >= 4 is 21.7 Å². The molecule has 0 saturated carbocycles. The predicted octanol–water partition coefficient (Wildman–Crippen LogP) is 3.85. The molecule has 0 spiro atoms. The van der Waals surface area contributed by atoms with E-state index in [1.807, 2.05) is 0 Å². The van der Waals surface area contributed by atoms with E-state index < -0.39 is 45.8 Å². The largest absolute Gasteiger partial charge is 0.404 e. The Labute approximate surface area is 157 Å². The lowest BCUT2D eigenvalue weighted by molar-refractivity contribution is -0.155. The summed E-state index contributed by atoms with van der Waals surface area (Å²) < 4.78 is 41.2. The number of carbonyl (C=O) groups excluding carboxylic acids is 1. The molecule has 2 rings (SSSR count). The molecule has 1 aliphatic heterocycles. The Morgan fingerprint density at radius 2 is 1.69 bits per heavy atom. The topological polar surface area (TPSA) is 80.3 Å². The first-order valence-corrected chi connectivity index (χ1v) is 13.1. The summed E-state index contributed by atoms with van der Waals surface area (Å²) in [7, 11) is -3.53. The molecule has 0 bridgehead atoms. The highest BCUT2D eigenvalue weighted by Crippen LogP contribution is 2.58. The van der Waals surface area contributed by atoms with Crippen molar-refractivity contribution in [2.45, 2.75) is 76.8 Å². The zero-order valence-corrected chi connectivity index (χ0v) is 19.0. The molecule has 150 valence electrons. The third-order valence-corrected chi connectivity index (χ3v) is 11.7. The van der Waals surface area contributed by atoms with Crippen molar-refractivity contribution in [3.8, 4) is 0 Å². The highest BCUT2D eigenvalue weighted by Gasteiger charge is 2.56. The lowest BCUT2D eigenvalue weighted by atomic mass is 9.97. The monoisotopic (exact) mass is 406 g/mol. The summed E-state index contributed by atoms with van der Waals surface area (Å²) >= 11 is 0. The first-order chi connectivity index (χ1) is 11.7. The smallest absolute Gasteiger partial charge is 0.364 e. The van der Waals surface area contributed by atoms with Crippen LogP contribution >= 0.6 is 7.60 Å². The van der Waals surface area contributed by atoms with Crippen LogP contribution in [0.3, 0.4) is 0 Å². The van der Waals surface area contributed by atoms with Crippen molar-refractivity contribution in [2.75, 3.05) is 14.2 Å². The summed E-state index contributed by atoms with van der Waals surface area (Å²) in [6.07, 6.45) is -0.578. The van der Waals surface area contributed by atoms with E-state index in [4.69, 9.17) is 22.9 Å². The third kappa shape index (κ3) is 3.92. The molecule has 1 saturated heterocycles. The van der Waals surface area contributed by atoms with Crippen LogP contribution in [0.15, 0.2) is 11.4 Å². The van der Waals surface area contributed by atoms with Crippen LogP contribution in [-0.4, -0.2) is 52.4 Å². The maximum atomic E-state index is 13.2. The Morgan fingerprint density at radius 1 is 1.15 bits per heavy atom. The zero-order chi connectivity index (χ0) is 20.1. The van der Waals surface area contributed by atoms with Crippen LogP contribution < -0.4 is 0 Å². The summed E-state index contributed by atoms with van der Waals surface area (Å²) in [6, 6.07) is 0. The number of carbonyl (C=O) groups is 1. The standard InChI is InChI=1S/C17H31O7PSi/c1-16(2,3)26(8,9)24-15-13(18)12(25(19,20-6)21-7)10-11-14(15)23-17(4,5)22-11/h10-11,14-15H,1-9H3/t11-,14-,15-/m1/s1. The molecule has 1 aliphatic carbocycles. The molecule has 0 aromatic rings. The fourth-order valence-electron chi connectivity index (χ4n) is 2.83. The van der Waals surface area contributed by atoms with Gasteiger partial charge in [0.1, 0.15) is 23.6 Å². The first kappa shape index (κ1) is 22.0. The molecule has 2 aliphatic rings. The average Bonchev–Trinajstić information content (AvgIpc) is 2.82. The van der Waals surface area contributed by atoms with Gasteiger partial charge in [0.05, 0.1) is 0 Å². The number of rotatable bonds is 5. The van der Waals surface area contributed by atoms with Gasteiger partial charge in [-0.15, -0.1) is 0 Å². The van der Waals surface area contributed by atoms with E-state index in [0.29, 0.717) is 0 Å². The van der Waals surface area contributed by atoms with Gasteiger partial charge in [0, 0.05) is 14.2 Å². The molecule has 0 unspecified atom stereocenters. The Kier molecular flexibility index (Phi) is 5.84. The van der Waals surface area contributed by atoms with Gasteiger partial charge in [0.2, 0.25) is 5.78 Å². The normalized spacial score (nSPS) is 29.5. The molecule has 3 atom stereocenters. The maximum Gasteiger partial charge on any atom is 0.364 e. The number of fused-ring (bicyclic) bond motifs is 1. The minimum Gasteiger partial charge on any atom is -0.404 e. The van der Waals surface area contributed by atoms with Gasteiger partial charge in [0.15, 0.2) is 14.1 Å². The van der Waals surface area contributed by atoms with Crippen molar-refractivity contribution in [2.24, 2.45) is 0 Å². The second kappa shape index (κ2) is 6.92. The molecule has 9 heteroatoms. The summed E-state index contributed by atoms with van der Waals surface area (Å²) in [6.45, 7) is 13.9. The van der Waals surface area contributed by atoms with Crippen molar-refractivity contribution in [3.05, 3.63) is 11.4 Å². The molecule has 7 nitrogen and oxygen atoms in total. The lowest BCUT2D eigenvalue weighted by Crippen LogP contribution is -2.54. The van der Waals surface area contributed by atoms with Crippen LogP contribution in [0.4, 0.5) is 0 Å². The van der Waals surface area contributed by atoms with Crippen LogP contribution in [0.1, 0.15) is 34.6 Å². The van der Waals surface area contributed by atoms with Gasteiger partial charge in [-0.25, -0.2) is 0 Å². The minimum absolute atomic E-state index is 0.0336. The van der Waals surface area contributed by atoms with Crippen molar-refractivity contribution < 1.29 is 32.3 Å². The fourth-order valence-corrected chi connectivity index (χ4v) is 5.32. The van der Waals surface area contributed by atoms with E-state index in [-0.39, 0.29) is 10.4 Å². The maximum absolute atomic E-state index is 13.2. The number of hydrogen-bond donors (Lipinski definition) is 0. The van der Waals surface area contributed by atoms with Crippen LogP contribution in [0.2, 0.25) is 18.1 Å². The van der Waals surface area contributed by atoms with Crippen LogP contribution in [-0.2, 0) is 32.3 Å². The molecule has 1 fully saturated rings. The quantitative estimate of drug-likeness (QED) is 0.507. The summed E-state index contributed by atoms with van der Waals surface area (Å²) in [5.74, 6) is -1.30. The predicted molar refractivity (Wildman–Crippen MR) is 101 cm³/mol. The summed E-state index contributed by atoms with van der Waals surface area (Å²) in [5, 5.41) is -0.139. The van der Waals surface area contributed by atoms with Crippen molar-refractivity contribution in [3.63, 3.8) is 0 Å². The van der Waals surface area contributed by atoms with Crippen LogP contribution in [0.25, 0.3) is 0 Å². The number of Topliss-reactive ketones (excluding diaryl/α,β-unsaturated/α-hetero) is 1. The van der Waals surface area contributed by atoms with Gasteiger partial charge in [-0.2, -0.15) is 0 Å². The number of hydrogen-bond acceptors (Lipinski definition) is 7. The first-order valence-electron chi connectivity index (χ1n) is 8.69. The van der Waals surface area contributed by atoms with E-state index in [9.17, 15) is 9.36 Å². The zero-order valence-electron chi connectivity index (χ0n) is 17.1. The van der Waals surface area contributed by atoms with E-state index >= 15 is 0 Å². The Morgan fingerprint density at radius 3 is 2.15 bits per heavy atom. The Balaban J connectivity index is 2.49. The second-order valence-corrected chi connectivity index (χ2v) is 15.6. The molecule has 1 heterocycles. The highest BCUT2D eigenvalue weighted by atomic mass is 31.2. The molecule has 0 aromatic heterocycles. The van der Waals surface area contributed by atoms with Crippen LogP contribution in [0.5, 0.6) is 0 Å². The van der Waals surface area contributed by atoms with E-state index in [1.54, 1.807) is 13.8 Å². The highest BCUT2D eigenvalue weighted by molar-refractivity contribution is 7.60. The number of ether oxygens (including phenoxy) is 2. The molecule has 0 amide bonds. The van der Waals surface area contributed by atoms with Gasteiger partial charge in [-0.1, -0.05) is 20.8 Å². The minimum atomic E-state index is -3.74. The molecule has 0 aromatic carbocycles.